The van der Waals surface area contributed by atoms with E-state index in [1.54, 1.807) is 14.2 Å². The van der Waals surface area contributed by atoms with Crippen molar-refractivity contribution in [2.75, 3.05) is 14.2 Å². The van der Waals surface area contributed by atoms with E-state index in [9.17, 15) is 0 Å². The molecule has 0 aliphatic rings. The molecule has 0 aliphatic heterocycles. The van der Waals surface area contributed by atoms with Crippen LogP contribution in [-0.4, -0.2) is 14.2 Å². The minimum atomic E-state index is -1.80. The van der Waals surface area contributed by atoms with Gasteiger partial charge in [-0.25, -0.2) is 0 Å². The first-order chi connectivity index (χ1) is 3.68. The maximum atomic E-state index is 5.10. The summed E-state index contributed by atoms with van der Waals surface area (Å²) in [6, 6.07) is 0. The third kappa shape index (κ3) is 2.24. The van der Waals surface area contributed by atoms with Crippen LogP contribution in [0.25, 0.3) is 0 Å². The van der Waals surface area contributed by atoms with Crippen LogP contribution in [-0.2, 0) is 27.9 Å². The van der Waals surface area contributed by atoms with Crippen LogP contribution in [0.15, 0.2) is 0 Å². The Morgan fingerprint density at radius 3 is 1.88 bits per heavy atom. The predicted molar refractivity (Wildman–Crippen MR) is 29.8 cm³/mol. The van der Waals surface area contributed by atoms with Gasteiger partial charge in [-0.1, -0.05) is 0 Å². The molecule has 0 aromatic rings. The summed E-state index contributed by atoms with van der Waals surface area (Å²) in [6.45, 7) is 0. The van der Waals surface area contributed by atoms with Crippen LogP contribution >= 0.6 is 5.35 Å². The fourth-order valence-electron chi connectivity index (χ4n) is 0.180. The van der Waals surface area contributed by atoms with E-state index in [4.69, 9.17) is 15.5 Å². The van der Waals surface area contributed by atoms with Crippen LogP contribution in [0.3, 0.4) is 0 Å². The number of rotatable bonds is 2. The van der Waals surface area contributed by atoms with Gasteiger partial charge in [-0.15, -0.1) is 0 Å². The van der Waals surface area contributed by atoms with E-state index in [0.29, 0.717) is 0 Å². The Bertz CT molecular complexity index is 141. The molecule has 0 aromatic heterocycles. The molecule has 4 heteroatoms. The standard InChI is InChI=1S/C4H7O2P.W/c1-4-7(5-2)6-3;/h1H,2-3H3;. The molecule has 0 aliphatic carbocycles. The van der Waals surface area contributed by atoms with E-state index in [-0.39, 0.29) is 0 Å². The molecule has 0 bridgehead atoms. The molecule has 0 amide bonds. The zero-order valence-electron chi connectivity index (χ0n) is 4.75. The van der Waals surface area contributed by atoms with Crippen LogP contribution in [0.1, 0.15) is 0 Å². The Morgan fingerprint density at radius 2 is 1.88 bits per heavy atom. The summed E-state index contributed by atoms with van der Waals surface area (Å²) in [7, 11) is 3.15. The second-order valence-electron chi connectivity index (χ2n) is 0.992. The summed E-state index contributed by atoms with van der Waals surface area (Å²) >= 11 is 1.19. The molecule has 0 aromatic carbocycles. The van der Waals surface area contributed by atoms with Crippen molar-refractivity contribution < 1.29 is 27.9 Å². The molecule has 2 nitrogen and oxygen atoms in total. The van der Waals surface area contributed by atoms with Gasteiger partial charge in [0, 0.05) is 0 Å². The van der Waals surface area contributed by atoms with Gasteiger partial charge in [0.05, 0.1) is 0 Å². The molecule has 0 fully saturated rings. The third-order valence-electron chi connectivity index (χ3n) is 0.639. The quantitative estimate of drug-likeness (QED) is 0.563. The molecule has 0 rings (SSSR count). The van der Waals surface area contributed by atoms with Gasteiger partial charge in [-0.05, 0) is 0 Å². The third-order valence-corrected chi connectivity index (χ3v) is 6.27. The van der Waals surface area contributed by atoms with Gasteiger partial charge in [0.25, 0.3) is 0 Å². The van der Waals surface area contributed by atoms with Gasteiger partial charge in [0.2, 0.25) is 0 Å². The Balaban J connectivity index is 4.06. The minimum absolute atomic E-state index is 1.19. The van der Waals surface area contributed by atoms with E-state index in [2.05, 4.69) is 5.66 Å². The van der Waals surface area contributed by atoms with Crippen molar-refractivity contribution in [2.45, 2.75) is 0 Å². The SMILES string of the molecule is C#C[P](=[W])(OC)OC. The van der Waals surface area contributed by atoms with E-state index in [0.717, 1.165) is 0 Å². The van der Waals surface area contributed by atoms with Crippen molar-refractivity contribution in [1.82, 2.24) is 0 Å². The van der Waals surface area contributed by atoms with E-state index >= 15 is 0 Å². The van der Waals surface area contributed by atoms with Gasteiger partial charge >= 0.3 is 59.5 Å². The van der Waals surface area contributed by atoms with Crippen molar-refractivity contribution in [2.24, 2.45) is 0 Å². The predicted octanol–water partition coefficient (Wildman–Crippen LogP) is 1.18. The van der Waals surface area contributed by atoms with Crippen LogP contribution in [0.5, 0.6) is 0 Å². The average molecular weight is 302 g/mol. The molecule has 0 radical (unpaired) electrons. The zero-order valence-corrected chi connectivity index (χ0v) is 8.58. The fourth-order valence-corrected chi connectivity index (χ4v) is 0.540. The van der Waals surface area contributed by atoms with E-state index < -0.39 is 5.35 Å². The van der Waals surface area contributed by atoms with Gasteiger partial charge in [0.15, 0.2) is 0 Å². The molecule has 0 unspecified atom stereocenters. The Morgan fingerprint density at radius 1 is 1.50 bits per heavy atom. The van der Waals surface area contributed by atoms with Gasteiger partial charge in [-0.3, -0.25) is 0 Å². The first-order valence-electron chi connectivity index (χ1n) is 1.88. The Labute approximate surface area is 59.8 Å². The molecule has 8 heavy (non-hydrogen) atoms. The molecule has 0 saturated carbocycles. The summed E-state index contributed by atoms with van der Waals surface area (Å²) in [5.41, 5.74) is 2.48. The van der Waals surface area contributed by atoms with Gasteiger partial charge in [0.1, 0.15) is 0 Å². The van der Waals surface area contributed by atoms with E-state index in [1.165, 1.54) is 18.8 Å². The molecular formula is C4H7O2PW. The molecule has 0 spiro atoms. The number of terminal acetylenes is 1. The van der Waals surface area contributed by atoms with E-state index in [1.807, 2.05) is 0 Å². The molecule has 0 N–H and O–H groups in total. The maximum absolute atomic E-state index is 5.10. The van der Waals surface area contributed by atoms with Crippen molar-refractivity contribution in [1.29, 1.82) is 0 Å². The Hall–Kier alpha value is 0.598. The Kier molecular flexibility index (Phi) is 3.86. The van der Waals surface area contributed by atoms with Crippen molar-refractivity contribution in [3.05, 3.63) is 0 Å². The monoisotopic (exact) mass is 302 g/mol. The normalized spacial score (nSPS) is 10.6. The summed E-state index contributed by atoms with van der Waals surface area (Å²) in [5, 5.41) is -1.80. The second-order valence-corrected chi connectivity index (χ2v) is 8.16. The van der Waals surface area contributed by atoms with Gasteiger partial charge in [-0.2, -0.15) is 0 Å². The fraction of sp³-hybridized carbons (Fsp3) is 0.500. The molecular weight excluding hydrogens is 295 g/mol. The van der Waals surface area contributed by atoms with Crippen LogP contribution in [0, 0.1) is 12.1 Å². The summed E-state index contributed by atoms with van der Waals surface area (Å²) in [5.74, 6) is 0. The summed E-state index contributed by atoms with van der Waals surface area (Å²) in [4.78, 5) is 0. The van der Waals surface area contributed by atoms with Gasteiger partial charge < -0.3 is 0 Å². The summed E-state index contributed by atoms with van der Waals surface area (Å²) < 4.78 is 9.85. The molecule has 0 saturated heterocycles. The topological polar surface area (TPSA) is 18.5 Å². The number of hydrogen-bond donors (Lipinski definition) is 0. The van der Waals surface area contributed by atoms with Crippen molar-refractivity contribution >= 4 is 5.35 Å². The molecule has 0 heterocycles. The first-order valence-corrected chi connectivity index (χ1v) is 7.35. The summed E-state index contributed by atoms with van der Waals surface area (Å²) in [6.07, 6.45) is 5.10. The van der Waals surface area contributed by atoms with Crippen molar-refractivity contribution in [3.8, 4) is 12.1 Å². The van der Waals surface area contributed by atoms with Crippen LogP contribution in [0.2, 0.25) is 0 Å². The van der Waals surface area contributed by atoms with Crippen LogP contribution < -0.4 is 0 Å². The number of hydrogen-bond acceptors (Lipinski definition) is 2. The second kappa shape index (κ2) is 3.59. The van der Waals surface area contributed by atoms with Crippen LogP contribution in [0.4, 0.5) is 0 Å². The first kappa shape index (κ1) is 8.60. The zero-order chi connectivity index (χ0) is 6.62. The molecule has 46 valence electrons. The van der Waals surface area contributed by atoms with Crippen molar-refractivity contribution in [3.63, 3.8) is 0 Å². The average Bonchev–Trinajstić information content (AvgIpc) is 1.87. The molecule has 0 atom stereocenters.